The SMILES string of the molecule is CC(C)OC(=O)C1=C(N)Oc2c(oc(CO)cc2=O)[C@@H]1c1ccc(Cl)c(Cl)c1. The van der Waals surface area contributed by atoms with E-state index in [-0.39, 0.29) is 33.7 Å². The Hall–Kier alpha value is -2.48. The van der Waals surface area contributed by atoms with Crippen LogP contribution in [0.3, 0.4) is 0 Å². The number of fused-ring (bicyclic) bond motifs is 1. The molecule has 3 rings (SSSR count). The van der Waals surface area contributed by atoms with Gasteiger partial charge >= 0.3 is 5.97 Å². The van der Waals surface area contributed by atoms with E-state index in [0.29, 0.717) is 10.6 Å². The minimum atomic E-state index is -0.941. The third-order valence-corrected chi connectivity index (χ3v) is 4.74. The second-order valence-corrected chi connectivity index (χ2v) is 7.18. The van der Waals surface area contributed by atoms with E-state index in [0.717, 1.165) is 6.07 Å². The molecular weight excluding hydrogens is 409 g/mol. The van der Waals surface area contributed by atoms with Crippen molar-refractivity contribution in [3.05, 3.63) is 73.1 Å². The molecule has 0 amide bonds. The van der Waals surface area contributed by atoms with Crippen LogP contribution < -0.4 is 15.9 Å². The number of aliphatic hydroxyl groups excluding tert-OH is 1. The van der Waals surface area contributed by atoms with Crippen LogP contribution in [0.15, 0.2) is 44.9 Å². The van der Waals surface area contributed by atoms with Gasteiger partial charge in [0, 0.05) is 6.07 Å². The van der Waals surface area contributed by atoms with Gasteiger partial charge in [0.25, 0.3) is 0 Å². The third kappa shape index (κ3) is 3.73. The van der Waals surface area contributed by atoms with Crippen LogP contribution in [0.2, 0.25) is 10.0 Å². The Morgan fingerprint density at radius 3 is 2.61 bits per heavy atom. The highest BCUT2D eigenvalue weighted by atomic mass is 35.5. The number of esters is 1. The second-order valence-electron chi connectivity index (χ2n) is 6.37. The molecule has 28 heavy (non-hydrogen) atoms. The molecule has 2 aromatic rings. The van der Waals surface area contributed by atoms with Gasteiger partial charge in [-0.2, -0.15) is 0 Å². The summed E-state index contributed by atoms with van der Waals surface area (Å²) in [7, 11) is 0. The number of carbonyl (C=O) groups excluding carboxylic acids is 1. The van der Waals surface area contributed by atoms with Crippen molar-refractivity contribution in [3.63, 3.8) is 0 Å². The Kier molecular flexibility index (Phi) is 5.69. The molecule has 0 saturated carbocycles. The summed E-state index contributed by atoms with van der Waals surface area (Å²) in [5, 5.41) is 9.96. The zero-order valence-electron chi connectivity index (χ0n) is 15.0. The topological polar surface area (TPSA) is 112 Å². The van der Waals surface area contributed by atoms with Gasteiger partial charge in [0.05, 0.1) is 22.1 Å². The van der Waals surface area contributed by atoms with E-state index in [4.69, 9.17) is 42.8 Å². The van der Waals surface area contributed by atoms with Gasteiger partial charge in [-0.25, -0.2) is 4.79 Å². The van der Waals surface area contributed by atoms with Crippen LogP contribution in [-0.2, 0) is 16.1 Å². The van der Waals surface area contributed by atoms with Crippen LogP contribution >= 0.6 is 23.2 Å². The summed E-state index contributed by atoms with van der Waals surface area (Å²) in [6.45, 7) is 2.86. The van der Waals surface area contributed by atoms with Gasteiger partial charge < -0.3 is 24.7 Å². The third-order valence-electron chi connectivity index (χ3n) is 4.00. The lowest BCUT2D eigenvalue weighted by atomic mass is 9.86. The molecule has 148 valence electrons. The maximum Gasteiger partial charge on any atom is 0.340 e. The summed E-state index contributed by atoms with van der Waals surface area (Å²) >= 11 is 12.1. The fourth-order valence-electron chi connectivity index (χ4n) is 2.86. The Labute approximate surface area is 170 Å². The molecule has 0 radical (unpaired) electrons. The first-order valence-electron chi connectivity index (χ1n) is 8.34. The Morgan fingerprint density at radius 1 is 1.29 bits per heavy atom. The molecule has 1 aromatic heterocycles. The maximum atomic E-state index is 12.7. The van der Waals surface area contributed by atoms with E-state index >= 15 is 0 Å². The molecule has 3 N–H and O–H groups in total. The number of ether oxygens (including phenoxy) is 2. The smallest absolute Gasteiger partial charge is 0.340 e. The molecular formula is C19H17Cl2NO6. The predicted molar refractivity (Wildman–Crippen MR) is 102 cm³/mol. The molecule has 0 fully saturated rings. The van der Waals surface area contributed by atoms with Crippen molar-refractivity contribution in [1.82, 2.24) is 0 Å². The van der Waals surface area contributed by atoms with Crippen LogP contribution in [0.5, 0.6) is 5.75 Å². The van der Waals surface area contributed by atoms with Crippen LogP contribution in [-0.4, -0.2) is 17.2 Å². The van der Waals surface area contributed by atoms with Crippen molar-refractivity contribution in [1.29, 1.82) is 0 Å². The van der Waals surface area contributed by atoms with Crippen molar-refractivity contribution in [2.75, 3.05) is 0 Å². The minimum absolute atomic E-state index is 0.00876. The van der Waals surface area contributed by atoms with E-state index in [2.05, 4.69) is 0 Å². The Morgan fingerprint density at radius 2 is 2.00 bits per heavy atom. The number of carbonyl (C=O) groups is 1. The molecule has 0 bridgehead atoms. The number of rotatable bonds is 4. The van der Waals surface area contributed by atoms with Gasteiger partial charge in [0.2, 0.25) is 17.1 Å². The van der Waals surface area contributed by atoms with Crippen LogP contribution in [0, 0.1) is 0 Å². The normalized spacial score (nSPS) is 16.0. The predicted octanol–water partition coefficient (Wildman–Crippen LogP) is 3.09. The van der Waals surface area contributed by atoms with Crippen LogP contribution in [0.25, 0.3) is 0 Å². The summed E-state index contributed by atoms with van der Waals surface area (Å²) in [5.74, 6) is -2.10. The van der Waals surface area contributed by atoms with Crippen molar-refractivity contribution in [2.45, 2.75) is 32.5 Å². The van der Waals surface area contributed by atoms with E-state index in [1.807, 2.05) is 0 Å². The Balaban J connectivity index is 2.27. The largest absolute Gasteiger partial charge is 0.459 e. The van der Waals surface area contributed by atoms with Crippen molar-refractivity contribution in [3.8, 4) is 5.75 Å². The van der Waals surface area contributed by atoms with E-state index in [1.54, 1.807) is 26.0 Å². The summed E-state index contributed by atoms with van der Waals surface area (Å²) < 4.78 is 16.3. The molecule has 1 aromatic carbocycles. The fraction of sp³-hybridized carbons (Fsp3) is 0.263. The zero-order valence-corrected chi connectivity index (χ0v) is 16.5. The first-order valence-corrected chi connectivity index (χ1v) is 9.09. The van der Waals surface area contributed by atoms with Crippen molar-refractivity contribution < 1.29 is 23.8 Å². The highest BCUT2D eigenvalue weighted by Gasteiger charge is 2.39. The quantitative estimate of drug-likeness (QED) is 0.723. The lowest BCUT2D eigenvalue weighted by molar-refractivity contribution is -0.143. The molecule has 2 heterocycles. The molecule has 0 spiro atoms. The second kappa shape index (κ2) is 7.87. The molecule has 0 saturated heterocycles. The number of benzene rings is 1. The Bertz CT molecular complexity index is 1030. The van der Waals surface area contributed by atoms with Gasteiger partial charge in [-0.05, 0) is 31.5 Å². The average Bonchev–Trinajstić information content (AvgIpc) is 2.62. The molecule has 1 aliphatic heterocycles. The number of halogens is 2. The van der Waals surface area contributed by atoms with Crippen molar-refractivity contribution in [2.24, 2.45) is 5.73 Å². The van der Waals surface area contributed by atoms with E-state index < -0.39 is 30.0 Å². The molecule has 1 aliphatic rings. The number of aliphatic hydroxyl groups is 1. The minimum Gasteiger partial charge on any atom is -0.459 e. The number of nitrogens with two attached hydrogens (primary N) is 1. The molecule has 0 unspecified atom stereocenters. The fourth-order valence-corrected chi connectivity index (χ4v) is 3.17. The standard InChI is InChI=1S/C19H17Cl2NO6/c1-8(2)26-19(25)15-14(9-3-4-11(20)12(21)5-9)17-16(28-18(15)22)13(24)6-10(7-23)27-17/h3-6,8,14,23H,7,22H2,1-2H3/t14-/m1/s1. The lowest BCUT2D eigenvalue weighted by Gasteiger charge is -2.27. The summed E-state index contributed by atoms with van der Waals surface area (Å²) in [6.07, 6.45) is -0.417. The van der Waals surface area contributed by atoms with E-state index in [9.17, 15) is 14.7 Å². The van der Waals surface area contributed by atoms with Gasteiger partial charge in [-0.3, -0.25) is 4.79 Å². The monoisotopic (exact) mass is 425 g/mol. The summed E-state index contributed by atoms with van der Waals surface area (Å²) in [6, 6.07) is 5.79. The van der Waals surface area contributed by atoms with E-state index in [1.165, 1.54) is 6.07 Å². The molecule has 0 aliphatic carbocycles. The molecule has 9 heteroatoms. The maximum absolute atomic E-state index is 12.7. The van der Waals surface area contributed by atoms with Crippen molar-refractivity contribution >= 4 is 29.2 Å². The molecule has 1 atom stereocenters. The van der Waals surface area contributed by atoms with Gasteiger partial charge in [0.15, 0.2) is 5.76 Å². The first kappa shape index (κ1) is 20.3. The average molecular weight is 426 g/mol. The van der Waals surface area contributed by atoms with Gasteiger partial charge in [0.1, 0.15) is 17.9 Å². The zero-order chi connectivity index (χ0) is 20.6. The summed E-state index contributed by atoms with van der Waals surface area (Å²) in [5.41, 5.74) is 5.87. The van der Waals surface area contributed by atoms with Gasteiger partial charge in [-0.1, -0.05) is 29.3 Å². The van der Waals surface area contributed by atoms with Crippen LogP contribution in [0.1, 0.15) is 36.8 Å². The van der Waals surface area contributed by atoms with Crippen LogP contribution in [0.4, 0.5) is 0 Å². The highest BCUT2D eigenvalue weighted by molar-refractivity contribution is 6.42. The summed E-state index contributed by atoms with van der Waals surface area (Å²) in [4.78, 5) is 25.1. The molecule has 7 nitrogen and oxygen atoms in total. The number of hydrogen-bond donors (Lipinski definition) is 2. The highest BCUT2D eigenvalue weighted by Crippen LogP contribution is 2.43. The van der Waals surface area contributed by atoms with Gasteiger partial charge in [-0.15, -0.1) is 0 Å². The lowest BCUT2D eigenvalue weighted by Crippen LogP contribution is -2.31. The first-order chi connectivity index (χ1) is 13.2. The number of hydrogen-bond acceptors (Lipinski definition) is 7.